The lowest BCUT2D eigenvalue weighted by Crippen LogP contribution is -2.27. The van der Waals surface area contributed by atoms with Gasteiger partial charge in [-0.25, -0.2) is 0 Å². The van der Waals surface area contributed by atoms with Crippen molar-refractivity contribution in [3.05, 3.63) is 34.4 Å². The lowest BCUT2D eigenvalue weighted by molar-refractivity contribution is -0.849. The Balaban J connectivity index is 0.000000336. The van der Waals surface area contributed by atoms with Crippen molar-refractivity contribution in [1.82, 2.24) is 0 Å². The molecule has 0 aliphatic heterocycles. The number of rotatable bonds is 1. The molecule has 0 heterocycles. The molecule has 84 valence electrons. The highest BCUT2D eigenvalue weighted by Gasteiger charge is 1.99. The van der Waals surface area contributed by atoms with Crippen LogP contribution in [0.1, 0.15) is 0 Å². The average Bonchev–Trinajstić information content (AvgIpc) is 2.01. The van der Waals surface area contributed by atoms with E-state index >= 15 is 0 Å². The Kier molecular flexibility index (Phi) is 4.73. The molecule has 5 heteroatoms. The minimum atomic E-state index is -0.542. The fourth-order valence-corrected chi connectivity index (χ4v) is 0.568. The van der Waals surface area contributed by atoms with E-state index in [1.807, 2.05) is 0 Å². The molecule has 0 aliphatic rings. The number of hydrogen-bond donors (Lipinski definition) is 0. The van der Waals surface area contributed by atoms with Gasteiger partial charge in [-0.15, -0.1) is 5.75 Å². The van der Waals surface area contributed by atoms with Crippen molar-refractivity contribution in [2.45, 2.75) is 0 Å². The molecular weight excluding hydrogens is 196 g/mol. The summed E-state index contributed by atoms with van der Waals surface area (Å²) in [5.41, 5.74) is -0.0559. The molecule has 0 fully saturated rings. The highest BCUT2D eigenvalue weighted by molar-refractivity contribution is 5.34. The van der Waals surface area contributed by atoms with Gasteiger partial charge in [0.15, 0.2) is 0 Å². The van der Waals surface area contributed by atoms with Crippen LogP contribution >= 0.6 is 0 Å². The summed E-state index contributed by atoms with van der Waals surface area (Å²) in [6.07, 6.45) is 0. The molecule has 1 rings (SSSR count). The second-order valence-electron chi connectivity index (χ2n) is 4.43. The van der Waals surface area contributed by atoms with Crippen LogP contribution < -0.4 is 5.11 Å². The Hall–Kier alpha value is -1.62. The summed E-state index contributed by atoms with van der Waals surface area (Å²) in [5.74, 6) is -0.217. The van der Waals surface area contributed by atoms with E-state index in [2.05, 4.69) is 28.2 Å². The van der Waals surface area contributed by atoms with Crippen LogP contribution in [0.5, 0.6) is 5.75 Å². The van der Waals surface area contributed by atoms with Gasteiger partial charge in [-0.2, -0.15) is 0 Å². The highest BCUT2D eigenvalue weighted by Crippen LogP contribution is 2.12. The number of hydrogen-bond acceptors (Lipinski definition) is 3. The molecule has 0 aromatic heterocycles. The van der Waals surface area contributed by atoms with Crippen LogP contribution in [0, 0.1) is 10.1 Å². The van der Waals surface area contributed by atoms with E-state index in [0.29, 0.717) is 0 Å². The van der Waals surface area contributed by atoms with Gasteiger partial charge in [-0.05, 0) is 0 Å². The third kappa shape index (κ3) is 8.70. The van der Waals surface area contributed by atoms with Gasteiger partial charge in [-0.1, -0.05) is 12.1 Å². The topological polar surface area (TPSA) is 66.2 Å². The highest BCUT2D eigenvalue weighted by atomic mass is 16.6. The van der Waals surface area contributed by atoms with Gasteiger partial charge in [0, 0.05) is 12.1 Å². The first kappa shape index (κ1) is 13.4. The van der Waals surface area contributed by atoms with Gasteiger partial charge >= 0.3 is 0 Å². The zero-order chi connectivity index (χ0) is 12.1. The minimum Gasteiger partial charge on any atom is -0.872 e. The van der Waals surface area contributed by atoms with Crippen LogP contribution in [0.2, 0.25) is 0 Å². The summed E-state index contributed by atoms with van der Waals surface area (Å²) in [6, 6.07) is 4.70. The number of non-ortho nitro benzene ring substituents is 1. The predicted molar refractivity (Wildman–Crippen MR) is 56.5 cm³/mol. The zero-order valence-corrected chi connectivity index (χ0v) is 9.43. The number of nitro groups is 1. The third-order valence-corrected chi connectivity index (χ3v) is 1.05. The maximum Gasteiger partial charge on any atom is 0.269 e. The predicted octanol–water partition coefficient (Wildman–Crippen LogP) is 0.991. The second-order valence-corrected chi connectivity index (χ2v) is 4.43. The fraction of sp³-hybridized carbons (Fsp3) is 0.400. The molecule has 0 saturated heterocycles. The van der Waals surface area contributed by atoms with Crippen molar-refractivity contribution in [1.29, 1.82) is 0 Å². The molecule has 0 atom stereocenters. The molecule has 0 saturated carbocycles. The van der Waals surface area contributed by atoms with Gasteiger partial charge in [0.25, 0.3) is 5.69 Å². The molecule has 1 aromatic rings. The van der Waals surface area contributed by atoms with Crippen molar-refractivity contribution in [2.75, 3.05) is 28.2 Å². The Labute approximate surface area is 89.3 Å². The van der Waals surface area contributed by atoms with Crippen molar-refractivity contribution in [3.63, 3.8) is 0 Å². The summed E-state index contributed by atoms with van der Waals surface area (Å²) in [6.45, 7) is 0. The third-order valence-electron chi connectivity index (χ3n) is 1.05. The molecule has 5 nitrogen and oxygen atoms in total. The van der Waals surface area contributed by atoms with Crippen LogP contribution in [-0.4, -0.2) is 37.6 Å². The molecule has 0 N–H and O–H groups in total. The minimum absolute atomic E-state index is 0.0559. The van der Waals surface area contributed by atoms with E-state index in [1.165, 1.54) is 12.1 Å². The Bertz CT molecular complexity index is 308. The van der Waals surface area contributed by atoms with Gasteiger partial charge in [0.1, 0.15) is 0 Å². The van der Waals surface area contributed by atoms with Gasteiger partial charge in [0.2, 0.25) is 0 Å². The van der Waals surface area contributed by atoms with Crippen molar-refractivity contribution < 1.29 is 14.5 Å². The Morgan fingerprint density at radius 2 is 1.40 bits per heavy atom. The normalized spacial score (nSPS) is 10.1. The summed E-state index contributed by atoms with van der Waals surface area (Å²) < 4.78 is 1.00. The van der Waals surface area contributed by atoms with Gasteiger partial charge in [-0.3, -0.25) is 10.1 Å². The average molecular weight is 212 g/mol. The van der Waals surface area contributed by atoms with E-state index in [1.54, 1.807) is 0 Å². The zero-order valence-electron chi connectivity index (χ0n) is 9.43. The van der Waals surface area contributed by atoms with E-state index in [-0.39, 0.29) is 11.4 Å². The maximum atomic E-state index is 10.4. The lowest BCUT2D eigenvalue weighted by Gasteiger charge is -2.14. The van der Waals surface area contributed by atoms with E-state index in [0.717, 1.165) is 16.6 Å². The molecule has 0 unspecified atom stereocenters. The lowest BCUT2D eigenvalue weighted by atomic mass is 10.3. The van der Waals surface area contributed by atoms with E-state index in [9.17, 15) is 15.2 Å². The largest absolute Gasteiger partial charge is 0.872 e. The van der Waals surface area contributed by atoms with Crippen LogP contribution in [0.3, 0.4) is 0 Å². The Morgan fingerprint density at radius 1 is 1.07 bits per heavy atom. The first-order chi connectivity index (χ1) is 6.70. The van der Waals surface area contributed by atoms with Crippen molar-refractivity contribution in [3.8, 4) is 5.75 Å². The molecule has 0 aliphatic carbocycles. The maximum absolute atomic E-state index is 10.4. The fourth-order valence-electron chi connectivity index (χ4n) is 0.568. The molecule has 0 bridgehead atoms. The number of nitrogens with zero attached hydrogens (tertiary/aromatic N) is 2. The van der Waals surface area contributed by atoms with Crippen molar-refractivity contribution >= 4 is 5.69 Å². The van der Waals surface area contributed by atoms with Crippen LogP contribution in [0.15, 0.2) is 24.3 Å². The van der Waals surface area contributed by atoms with Crippen LogP contribution in [0.25, 0.3) is 0 Å². The SMILES string of the molecule is C[N+](C)(C)C.O=[N+]([O-])c1ccc([O-])cc1. The van der Waals surface area contributed by atoms with Gasteiger partial charge in [0.05, 0.1) is 33.1 Å². The molecule has 0 spiro atoms. The van der Waals surface area contributed by atoms with Crippen molar-refractivity contribution in [2.24, 2.45) is 0 Å². The number of benzene rings is 1. The summed E-state index contributed by atoms with van der Waals surface area (Å²) in [7, 11) is 8.50. The van der Waals surface area contributed by atoms with Crippen LogP contribution in [0.4, 0.5) is 5.69 Å². The van der Waals surface area contributed by atoms with Crippen LogP contribution in [-0.2, 0) is 0 Å². The molecule has 15 heavy (non-hydrogen) atoms. The summed E-state index contributed by atoms with van der Waals surface area (Å²) >= 11 is 0. The number of nitro benzene ring substituents is 1. The molecular formula is C10H16N2O3. The smallest absolute Gasteiger partial charge is 0.269 e. The molecule has 1 aromatic carbocycles. The first-order valence-electron chi connectivity index (χ1n) is 4.40. The molecule has 0 amide bonds. The summed E-state index contributed by atoms with van der Waals surface area (Å²) in [4.78, 5) is 9.47. The second kappa shape index (κ2) is 5.31. The molecule has 0 radical (unpaired) electrons. The van der Waals surface area contributed by atoms with E-state index < -0.39 is 4.92 Å². The van der Waals surface area contributed by atoms with Gasteiger partial charge < -0.3 is 9.59 Å². The standard InChI is InChI=1S/C6H5NO3.C4H12N/c8-6-3-1-5(2-4-6)7(9)10;1-5(2,3)4/h1-4,8H;1-4H3/q;+1/p-1. The quantitative estimate of drug-likeness (QED) is 0.396. The summed E-state index contributed by atoms with van der Waals surface area (Å²) in [5, 5.41) is 20.4. The Morgan fingerprint density at radius 3 is 1.67 bits per heavy atom. The number of quaternary nitrogens is 1. The monoisotopic (exact) mass is 212 g/mol. The first-order valence-corrected chi connectivity index (χ1v) is 4.40. The van der Waals surface area contributed by atoms with E-state index in [4.69, 9.17) is 0 Å².